The molecule has 2 aromatic rings. The second-order valence-electron chi connectivity index (χ2n) is 3.83. The molecule has 1 heterocycles. The van der Waals surface area contributed by atoms with Gasteiger partial charge in [-0.3, -0.25) is 4.72 Å². The minimum atomic E-state index is -3.95. The van der Waals surface area contributed by atoms with Crippen LogP contribution in [0.5, 0.6) is 0 Å². The van der Waals surface area contributed by atoms with Crippen molar-refractivity contribution in [3.05, 3.63) is 47.4 Å². The van der Waals surface area contributed by atoms with Gasteiger partial charge in [-0.1, -0.05) is 17.7 Å². The summed E-state index contributed by atoms with van der Waals surface area (Å²) < 4.78 is 40.1. The third-order valence-corrected chi connectivity index (χ3v) is 4.16. The Hall–Kier alpha value is -1.86. The normalized spacial score (nSPS) is 11.2. The lowest BCUT2D eigenvalue weighted by molar-refractivity contribution is 0.598. The number of nitrogens with one attached hydrogen (secondary N) is 2. The van der Waals surface area contributed by atoms with Gasteiger partial charge in [0.05, 0.1) is 9.92 Å². The SMILES string of the molecule is CNc1cc(S(=O)(=O)Nc2c(F)cccc2Cl)ccn1. The highest BCUT2D eigenvalue weighted by atomic mass is 35.5. The summed E-state index contributed by atoms with van der Waals surface area (Å²) in [4.78, 5) is 3.86. The van der Waals surface area contributed by atoms with Crippen LogP contribution in [0.2, 0.25) is 5.02 Å². The third kappa shape index (κ3) is 3.00. The van der Waals surface area contributed by atoms with Crippen LogP contribution in [0, 0.1) is 5.82 Å². The Kier molecular flexibility index (Phi) is 4.10. The Bertz CT molecular complexity index is 717. The minimum absolute atomic E-state index is 0.0172. The molecular weight excluding hydrogens is 305 g/mol. The van der Waals surface area contributed by atoms with E-state index in [4.69, 9.17) is 11.6 Å². The monoisotopic (exact) mass is 315 g/mol. The van der Waals surface area contributed by atoms with Crippen LogP contribution in [0.25, 0.3) is 0 Å². The number of benzene rings is 1. The van der Waals surface area contributed by atoms with E-state index < -0.39 is 15.8 Å². The van der Waals surface area contributed by atoms with Gasteiger partial charge in [0.2, 0.25) is 0 Å². The molecule has 0 aliphatic carbocycles. The lowest BCUT2D eigenvalue weighted by Crippen LogP contribution is -2.14. The van der Waals surface area contributed by atoms with Crippen LogP contribution in [-0.2, 0) is 10.0 Å². The second kappa shape index (κ2) is 5.64. The Morgan fingerprint density at radius 3 is 2.70 bits per heavy atom. The first-order valence-electron chi connectivity index (χ1n) is 5.54. The van der Waals surface area contributed by atoms with Gasteiger partial charge < -0.3 is 5.32 Å². The van der Waals surface area contributed by atoms with E-state index in [1.807, 2.05) is 0 Å². The number of rotatable bonds is 4. The molecule has 0 radical (unpaired) electrons. The molecule has 0 saturated carbocycles. The summed E-state index contributed by atoms with van der Waals surface area (Å²) in [6, 6.07) is 6.54. The van der Waals surface area contributed by atoms with Crippen molar-refractivity contribution in [2.75, 3.05) is 17.1 Å². The number of hydrogen-bond donors (Lipinski definition) is 2. The summed E-state index contributed by atoms with van der Waals surface area (Å²) in [5, 5.41) is 2.71. The number of pyridine rings is 1. The number of nitrogens with zero attached hydrogens (tertiary/aromatic N) is 1. The molecule has 0 atom stereocenters. The molecule has 2 rings (SSSR count). The predicted octanol–water partition coefficient (Wildman–Crippen LogP) is 2.72. The Morgan fingerprint density at radius 1 is 1.30 bits per heavy atom. The van der Waals surface area contributed by atoms with E-state index in [1.165, 1.54) is 30.5 Å². The van der Waals surface area contributed by atoms with Crippen molar-refractivity contribution in [1.82, 2.24) is 4.98 Å². The molecule has 0 unspecified atom stereocenters. The van der Waals surface area contributed by atoms with Crippen LogP contribution in [0.3, 0.4) is 0 Å². The summed E-state index contributed by atoms with van der Waals surface area (Å²) in [6.45, 7) is 0. The Morgan fingerprint density at radius 2 is 2.05 bits per heavy atom. The van der Waals surface area contributed by atoms with Crippen LogP contribution in [-0.4, -0.2) is 20.4 Å². The number of anilines is 2. The molecular formula is C12H11ClFN3O2S. The number of halogens is 2. The van der Waals surface area contributed by atoms with Gasteiger partial charge in [-0.05, 0) is 18.2 Å². The molecule has 0 saturated heterocycles. The van der Waals surface area contributed by atoms with Crippen molar-refractivity contribution in [3.8, 4) is 0 Å². The van der Waals surface area contributed by atoms with E-state index in [0.29, 0.717) is 5.82 Å². The van der Waals surface area contributed by atoms with Crippen molar-refractivity contribution in [2.45, 2.75) is 4.90 Å². The van der Waals surface area contributed by atoms with Crippen LogP contribution >= 0.6 is 11.6 Å². The smallest absolute Gasteiger partial charge is 0.262 e. The standard InChI is InChI=1S/C12H11ClFN3O2S/c1-15-11-7-8(5-6-16-11)20(18,19)17-12-9(13)3-2-4-10(12)14/h2-7,17H,1H3,(H,15,16). The highest BCUT2D eigenvalue weighted by Gasteiger charge is 2.18. The van der Waals surface area contributed by atoms with E-state index in [2.05, 4.69) is 15.0 Å². The van der Waals surface area contributed by atoms with Gasteiger partial charge in [0, 0.05) is 19.3 Å². The zero-order valence-electron chi connectivity index (χ0n) is 10.4. The molecule has 0 aliphatic rings. The molecule has 0 bridgehead atoms. The van der Waals surface area contributed by atoms with Gasteiger partial charge >= 0.3 is 0 Å². The van der Waals surface area contributed by atoms with E-state index in [9.17, 15) is 12.8 Å². The zero-order valence-corrected chi connectivity index (χ0v) is 12.0. The fourth-order valence-electron chi connectivity index (χ4n) is 1.50. The largest absolute Gasteiger partial charge is 0.373 e. The van der Waals surface area contributed by atoms with Crippen molar-refractivity contribution in [1.29, 1.82) is 0 Å². The molecule has 5 nitrogen and oxygen atoms in total. The Balaban J connectivity index is 2.41. The average molecular weight is 316 g/mol. The lowest BCUT2D eigenvalue weighted by Gasteiger charge is -2.11. The molecule has 1 aromatic heterocycles. The van der Waals surface area contributed by atoms with Gasteiger partial charge in [0.1, 0.15) is 17.3 Å². The first kappa shape index (κ1) is 14.5. The molecule has 20 heavy (non-hydrogen) atoms. The summed E-state index contributed by atoms with van der Waals surface area (Å²) >= 11 is 5.79. The highest BCUT2D eigenvalue weighted by molar-refractivity contribution is 7.92. The van der Waals surface area contributed by atoms with E-state index in [0.717, 1.165) is 6.07 Å². The first-order chi connectivity index (χ1) is 9.44. The van der Waals surface area contributed by atoms with E-state index >= 15 is 0 Å². The summed E-state index contributed by atoms with van der Waals surface area (Å²) in [5.41, 5.74) is -0.281. The first-order valence-corrected chi connectivity index (χ1v) is 7.41. The van der Waals surface area contributed by atoms with Crippen LogP contribution in [0.1, 0.15) is 0 Å². The lowest BCUT2D eigenvalue weighted by atomic mass is 10.3. The number of para-hydroxylation sites is 1. The molecule has 0 fully saturated rings. The van der Waals surface area contributed by atoms with Crippen molar-refractivity contribution in [3.63, 3.8) is 0 Å². The molecule has 0 aliphatic heterocycles. The maximum atomic E-state index is 13.6. The number of hydrogen-bond acceptors (Lipinski definition) is 4. The van der Waals surface area contributed by atoms with Crippen molar-refractivity contribution in [2.24, 2.45) is 0 Å². The minimum Gasteiger partial charge on any atom is -0.373 e. The number of sulfonamides is 1. The highest BCUT2D eigenvalue weighted by Crippen LogP contribution is 2.27. The van der Waals surface area contributed by atoms with E-state index in [1.54, 1.807) is 7.05 Å². The maximum absolute atomic E-state index is 13.6. The third-order valence-electron chi connectivity index (χ3n) is 2.50. The predicted molar refractivity (Wildman–Crippen MR) is 76.0 cm³/mol. The summed E-state index contributed by atoms with van der Waals surface area (Å²) in [6.07, 6.45) is 1.34. The molecule has 0 amide bonds. The number of aromatic nitrogens is 1. The van der Waals surface area contributed by atoms with Crippen molar-refractivity contribution >= 4 is 33.1 Å². The second-order valence-corrected chi connectivity index (χ2v) is 5.92. The average Bonchev–Trinajstić information content (AvgIpc) is 2.43. The van der Waals surface area contributed by atoms with Gasteiger partial charge in [-0.15, -0.1) is 0 Å². The van der Waals surface area contributed by atoms with Gasteiger partial charge in [-0.2, -0.15) is 0 Å². The topological polar surface area (TPSA) is 71.1 Å². The molecule has 1 aromatic carbocycles. The van der Waals surface area contributed by atoms with Gasteiger partial charge in [-0.25, -0.2) is 17.8 Å². The van der Waals surface area contributed by atoms with Crippen LogP contribution < -0.4 is 10.0 Å². The van der Waals surface area contributed by atoms with Crippen molar-refractivity contribution < 1.29 is 12.8 Å². The molecule has 2 N–H and O–H groups in total. The molecule has 106 valence electrons. The fraction of sp³-hybridized carbons (Fsp3) is 0.0833. The summed E-state index contributed by atoms with van der Waals surface area (Å²) in [7, 11) is -2.33. The van der Waals surface area contributed by atoms with Gasteiger partial charge in [0.25, 0.3) is 10.0 Å². The summed E-state index contributed by atoms with van der Waals surface area (Å²) in [5.74, 6) is -0.364. The van der Waals surface area contributed by atoms with E-state index in [-0.39, 0.29) is 15.6 Å². The fourth-order valence-corrected chi connectivity index (χ4v) is 2.87. The zero-order chi connectivity index (χ0) is 14.8. The quantitative estimate of drug-likeness (QED) is 0.910. The molecule has 8 heteroatoms. The van der Waals surface area contributed by atoms with Gasteiger partial charge in [0.15, 0.2) is 0 Å². The maximum Gasteiger partial charge on any atom is 0.262 e. The van der Waals surface area contributed by atoms with Crippen LogP contribution in [0.4, 0.5) is 15.9 Å². The molecule has 0 spiro atoms. The van der Waals surface area contributed by atoms with Crippen LogP contribution in [0.15, 0.2) is 41.4 Å². The Labute approximate surface area is 120 Å².